The fraction of sp³-hybridized carbons (Fsp3) is 0.0909. The number of anilines is 2. The summed E-state index contributed by atoms with van der Waals surface area (Å²) in [6.45, 7) is 2.32. The van der Waals surface area contributed by atoms with E-state index in [1.165, 1.54) is 24.3 Å². The van der Waals surface area contributed by atoms with Gasteiger partial charge in [-0.05, 0) is 49.4 Å². The van der Waals surface area contributed by atoms with Crippen molar-refractivity contribution in [2.45, 2.75) is 6.92 Å². The smallest absolute Gasteiger partial charge is 0.289 e. The number of hydrogen-bond donors (Lipinski definition) is 1. The molecule has 0 saturated carbocycles. The number of rotatable bonds is 7. The fourth-order valence-corrected chi connectivity index (χ4v) is 3.08. The Morgan fingerprint density at radius 3 is 2.12 bits per heavy atom. The second-order valence-corrected chi connectivity index (χ2v) is 6.63. The molecule has 10 nitrogen and oxygen atoms in total. The molecule has 0 aliphatic heterocycles. The Kier molecular flexibility index (Phi) is 6.54. The third kappa shape index (κ3) is 4.75. The van der Waals surface area contributed by atoms with Gasteiger partial charge < -0.3 is 10.2 Å². The zero-order valence-electron chi connectivity index (χ0n) is 16.9. The average Bonchev–Trinajstić information content (AvgIpc) is 2.80. The first-order valence-corrected chi connectivity index (χ1v) is 9.53. The van der Waals surface area contributed by atoms with E-state index in [9.17, 15) is 29.8 Å². The largest absolute Gasteiger partial charge is 0.322 e. The third-order valence-corrected chi connectivity index (χ3v) is 4.65. The highest BCUT2D eigenvalue weighted by Gasteiger charge is 2.24. The summed E-state index contributed by atoms with van der Waals surface area (Å²) in [7, 11) is 0. The van der Waals surface area contributed by atoms with Gasteiger partial charge in [-0.25, -0.2) is 0 Å². The van der Waals surface area contributed by atoms with Gasteiger partial charge >= 0.3 is 0 Å². The molecule has 3 rings (SSSR count). The van der Waals surface area contributed by atoms with Gasteiger partial charge in [0, 0.05) is 29.5 Å². The van der Waals surface area contributed by atoms with Crippen LogP contribution in [0.15, 0.2) is 72.8 Å². The van der Waals surface area contributed by atoms with Crippen molar-refractivity contribution >= 4 is 34.6 Å². The molecule has 0 radical (unpaired) electrons. The van der Waals surface area contributed by atoms with E-state index < -0.39 is 27.1 Å². The van der Waals surface area contributed by atoms with Crippen LogP contribution in [-0.2, 0) is 0 Å². The molecule has 0 fully saturated rings. The molecule has 0 spiro atoms. The van der Waals surface area contributed by atoms with Crippen molar-refractivity contribution in [3.63, 3.8) is 0 Å². The lowest BCUT2D eigenvalue weighted by molar-refractivity contribution is -0.394. The lowest BCUT2D eigenvalue weighted by atomic mass is 10.1. The van der Waals surface area contributed by atoms with Crippen LogP contribution in [0, 0.1) is 20.2 Å². The number of hydrogen-bond acceptors (Lipinski definition) is 6. The molecular formula is C22H18N4O6. The summed E-state index contributed by atoms with van der Waals surface area (Å²) in [4.78, 5) is 47.4. The summed E-state index contributed by atoms with van der Waals surface area (Å²) in [6.07, 6.45) is 0. The Labute approximate surface area is 182 Å². The molecule has 0 heterocycles. The Hall–Kier alpha value is -4.60. The number of amides is 2. The van der Waals surface area contributed by atoms with E-state index >= 15 is 0 Å². The molecular weight excluding hydrogens is 416 g/mol. The summed E-state index contributed by atoms with van der Waals surface area (Å²) < 4.78 is 0. The van der Waals surface area contributed by atoms with Gasteiger partial charge in [-0.15, -0.1) is 0 Å². The summed E-state index contributed by atoms with van der Waals surface area (Å²) in [6, 6.07) is 18.0. The first-order chi connectivity index (χ1) is 15.3. The van der Waals surface area contributed by atoms with Crippen molar-refractivity contribution in [3.8, 4) is 0 Å². The van der Waals surface area contributed by atoms with Crippen LogP contribution in [0.25, 0.3) is 0 Å². The Balaban J connectivity index is 1.79. The lowest BCUT2D eigenvalue weighted by Gasteiger charge is -2.21. The van der Waals surface area contributed by atoms with Crippen molar-refractivity contribution in [2.75, 3.05) is 16.8 Å². The van der Waals surface area contributed by atoms with Gasteiger partial charge in [0.25, 0.3) is 23.2 Å². The van der Waals surface area contributed by atoms with Gasteiger partial charge in [-0.3, -0.25) is 29.8 Å². The SMILES string of the molecule is CCN(C(=O)c1ccc(NC(=O)c2ccc([N+](=O)[O-])cc2[N+](=O)[O-])cc1)c1ccccc1. The lowest BCUT2D eigenvalue weighted by Crippen LogP contribution is -2.30. The Morgan fingerprint density at radius 1 is 0.906 bits per heavy atom. The monoisotopic (exact) mass is 434 g/mol. The fourth-order valence-electron chi connectivity index (χ4n) is 3.08. The highest BCUT2D eigenvalue weighted by Crippen LogP contribution is 2.26. The van der Waals surface area contributed by atoms with E-state index in [1.54, 1.807) is 4.90 Å². The second kappa shape index (κ2) is 9.47. The number of carbonyl (C=O) groups is 2. The minimum absolute atomic E-state index is 0.220. The number of nitrogens with one attached hydrogen (secondary N) is 1. The zero-order valence-corrected chi connectivity index (χ0v) is 16.9. The molecule has 0 unspecified atom stereocenters. The Morgan fingerprint density at radius 2 is 1.56 bits per heavy atom. The van der Waals surface area contributed by atoms with E-state index in [0.29, 0.717) is 17.8 Å². The van der Waals surface area contributed by atoms with E-state index in [0.717, 1.165) is 23.9 Å². The molecule has 0 aromatic heterocycles. The van der Waals surface area contributed by atoms with Gasteiger partial charge in [-0.1, -0.05) is 18.2 Å². The van der Waals surface area contributed by atoms with Crippen LogP contribution in [-0.4, -0.2) is 28.2 Å². The van der Waals surface area contributed by atoms with Crippen LogP contribution in [0.5, 0.6) is 0 Å². The standard InChI is InChI=1S/C22H18N4O6/c1-2-24(17-6-4-3-5-7-17)22(28)15-8-10-16(11-9-15)23-21(27)19-13-12-18(25(29)30)14-20(19)26(31)32/h3-14H,2H2,1H3,(H,23,27). The molecule has 3 aromatic carbocycles. The molecule has 162 valence electrons. The molecule has 0 aliphatic carbocycles. The van der Waals surface area contributed by atoms with Gasteiger partial charge in [0.1, 0.15) is 5.56 Å². The predicted molar refractivity (Wildman–Crippen MR) is 118 cm³/mol. The number of non-ortho nitro benzene ring substituents is 1. The average molecular weight is 434 g/mol. The third-order valence-electron chi connectivity index (χ3n) is 4.65. The highest BCUT2D eigenvalue weighted by molar-refractivity contribution is 6.08. The first-order valence-electron chi connectivity index (χ1n) is 9.53. The number of nitro groups is 2. The maximum Gasteiger partial charge on any atom is 0.289 e. The maximum atomic E-state index is 12.8. The van der Waals surface area contributed by atoms with Crippen molar-refractivity contribution in [3.05, 3.63) is 104 Å². The minimum atomic E-state index is -0.855. The number of nitro benzene ring substituents is 2. The topological polar surface area (TPSA) is 136 Å². The van der Waals surface area contributed by atoms with E-state index in [4.69, 9.17) is 0 Å². The summed E-state index contributed by atoms with van der Waals surface area (Å²) >= 11 is 0. The van der Waals surface area contributed by atoms with E-state index in [1.807, 2.05) is 37.3 Å². The van der Waals surface area contributed by atoms with Crippen LogP contribution in [0.4, 0.5) is 22.7 Å². The van der Waals surface area contributed by atoms with Crippen LogP contribution in [0.1, 0.15) is 27.6 Å². The van der Waals surface area contributed by atoms with E-state index in [-0.39, 0.29) is 11.5 Å². The highest BCUT2D eigenvalue weighted by atomic mass is 16.6. The minimum Gasteiger partial charge on any atom is -0.322 e. The van der Waals surface area contributed by atoms with Gasteiger partial charge in [0.05, 0.1) is 15.9 Å². The number of benzene rings is 3. The molecule has 10 heteroatoms. The van der Waals surface area contributed by atoms with Crippen molar-refractivity contribution < 1.29 is 19.4 Å². The first kappa shape index (κ1) is 22.1. The van der Waals surface area contributed by atoms with Gasteiger partial charge in [-0.2, -0.15) is 0 Å². The molecule has 0 atom stereocenters. The molecule has 2 amide bonds. The van der Waals surface area contributed by atoms with Gasteiger partial charge in [0.15, 0.2) is 0 Å². The van der Waals surface area contributed by atoms with Crippen LogP contribution in [0.2, 0.25) is 0 Å². The Bertz CT molecular complexity index is 1180. The molecule has 0 bridgehead atoms. The van der Waals surface area contributed by atoms with Crippen molar-refractivity contribution in [1.29, 1.82) is 0 Å². The van der Waals surface area contributed by atoms with Gasteiger partial charge in [0.2, 0.25) is 0 Å². The molecule has 0 aliphatic rings. The molecule has 3 aromatic rings. The van der Waals surface area contributed by atoms with Crippen molar-refractivity contribution in [1.82, 2.24) is 0 Å². The quantitative estimate of drug-likeness (QED) is 0.432. The number of carbonyl (C=O) groups excluding carboxylic acids is 2. The zero-order chi connectivity index (χ0) is 23.3. The maximum absolute atomic E-state index is 12.8. The van der Waals surface area contributed by atoms with Crippen LogP contribution >= 0.6 is 0 Å². The van der Waals surface area contributed by atoms with Crippen LogP contribution in [0.3, 0.4) is 0 Å². The summed E-state index contributed by atoms with van der Waals surface area (Å²) in [5.74, 6) is -1.02. The number of para-hydroxylation sites is 1. The normalized spacial score (nSPS) is 10.3. The number of nitrogens with zero attached hydrogens (tertiary/aromatic N) is 3. The summed E-state index contributed by atoms with van der Waals surface area (Å²) in [5.41, 5.74) is -0.0261. The van der Waals surface area contributed by atoms with Crippen molar-refractivity contribution in [2.24, 2.45) is 0 Å². The summed E-state index contributed by atoms with van der Waals surface area (Å²) in [5, 5.41) is 24.6. The molecule has 0 saturated heterocycles. The molecule has 1 N–H and O–H groups in total. The predicted octanol–water partition coefficient (Wildman–Crippen LogP) is 4.42. The van der Waals surface area contributed by atoms with E-state index in [2.05, 4.69) is 5.32 Å². The molecule has 32 heavy (non-hydrogen) atoms. The second-order valence-electron chi connectivity index (χ2n) is 6.63. The van der Waals surface area contributed by atoms with Crippen LogP contribution < -0.4 is 10.2 Å².